The van der Waals surface area contributed by atoms with Crippen molar-refractivity contribution < 1.29 is 23.9 Å². The van der Waals surface area contributed by atoms with Gasteiger partial charge >= 0.3 is 12.0 Å². The molecular formula is C20H14Br2N2O5. The van der Waals surface area contributed by atoms with Crippen molar-refractivity contribution in [3.05, 3.63) is 62.0 Å². The predicted molar refractivity (Wildman–Crippen MR) is 113 cm³/mol. The second-order valence-electron chi connectivity index (χ2n) is 6.19. The molecule has 1 N–H and O–H groups in total. The quantitative estimate of drug-likeness (QED) is 0.284. The molecule has 0 bridgehead atoms. The number of anilines is 1. The summed E-state index contributed by atoms with van der Waals surface area (Å²) in [5, 5.41) is 2.16. The largest absolute Gasteiger partial charge is 0.425 e. The second-order valence-corrected chi connectivity index (χ2v) is 7.96. The van der Waals surface area contributed by atoms with E-state index in [0.29, 0.717) is 20.2 Å². The molecule has 0 aromatic heterocycles. The molecule has 1 aliphatic rings. The Balaban J connectivity index is 2.10. The van der Waals surface area contributed by atoms with Crippen molar-refractivity contribution in [1.29, 1.82) is 0 Å². The maximum absolute atomic E-state index is 13.0. The fourth-order valence-electron chi connectivity index (χ4n) is 2.68. The van der Waals surface area contributed by atoms with Gasteiger partial charge in [0.1, 0.15) is 5.57 Å². The van der Waals surface area contributed by atoms with Crippen LogP contribution in [0.25, 0.3) is 6.08 Å². The SMILES string of the molecule is CC(=O)Oc1c(Br)cc(Br)cc1/C=C1/C(=O)NC(=O)N(c2ccc(C)cc2)C1=O. The summed E-state index contributed by atoms with van der Waals surface area (Å²) in [4.78, 5) is 50.0. The highest BCUT2D eigenvalue weighted by atomic mass is 79.9. The van der Waals surface area contributed by atoms with Crippen LogP contribution in [0.4, 0.5) is 10.5 Å². The van der Waals surface area contributed by atoms with Gasteiger partial charge in [-0.15, -0.1) is 0 Å². The van der Waals surface area contributed by atoms with Gasteiger partial charge in [-0.25, -0.2) is 9.69 Å². The summed E-state index contributed by atoms with van der Waals surface area (Å²) < 4.78 is 6.29. The van der Waals surface area contributed by atoms with E-state index in [1.54, 1.807) is 36.4 Å². The van der Waals surface area contributed by atoms with E-state index in [4.69, 9.17) is 4.74 Å². The van der Waals surface area contributed by atoms with E-state index in [-0.39, 0.29) is 11.3 Å². The van der Waals surface area contributed by atoms with Gasteiger partial charge in [0, 0.05) is 17.0 Å². The van der Waals surface area contributed by atoms with Crippen molar-refractivity contribution in [2.75, 3.05) is 4.90 Å². The summed E-state index contributed by atoms with van der Waals surface area (Å²) in [5.74, 6) is -2.04. The lowest BCUT2D eigenvalue weighted by atomic mass is 10.1. The molecule has 148 valence electrons. The molecule has 0 aliphatic carbocycles. The third-order valence-electron chi connectivity index (χ3n) is 3.98. The minimum absolute atomic E-state index is 0.146. The molecule has 1 aliphatic heterocycles. The topological polar surface area (TPSA) is 92.8 Å². The maximum atomic E-state index is 13.0. The van der Waals surface area contributed by atoms with Crippen LogP contribution in [0.5, 0.6) is 5.75 Å². The number of halogens is 2. The third kappa shape index (κ3) is 4.46. The first-order valence-corrected chi connectivity index (χ1v) is 9.91. The molecule has 1 saturated heterocycles. The Morgan fingerprint density at radius 1 is 1.10 bits per heavy atom. The van der Waals surface area contributed by atoms with E-state index >= 15 is 0 Å². The number of ether oxygens (including phenoxy) is 1. The Kier molecular flexibility index (Phi) is 5.99. The number of esters is 1. The Morgan fingerprint density at radius 3 is 2.38 bits per heavy atom. The molecule has 3 rings (SSSR count). The number of amides is 4. The summed E-state index contributed by atoms with van der Waals surface area (Å²) >= 11 is 6.62. The van der Waals surface area contributed by atoms with Crippen LogP contribution in [0, 0.1) is 6.92 Å². The van der Waals surface area contributed by atoms with Crippen LogP contribution in [-0.4, -0.2) is 23.8 Å². The molecule has 0 atom stereocenters. The van der Waals surface area contributed by atoms with Gasteiger partial charge < -0.3 is 4.74 Å². The number of barbiturate groups is 1. The zero-order valence-corrected chi connectivity index (χ0v) is 18.5. The first-order valence-electron chi connectivity index (χ1n) is 8.33. The predicted octanol–water partition coefficient (Wildman–Crippen LogP) is 4.11. The molecule has 0 unspecified atom stereocenters. The molecule has 0 radical (unpaired) electrons. The number of nitrogens with one attached hydrogen (secondary N) is 1. The highest BCUT2D eigenvalue weighted by Gasteiger charge is 2.37. The highest BCUT2D eigenvalue weighted by molar-refractivity contribution is 9.11. The monoisotopic (exact) mass is 520 g/mol. The molecule has 0 spiro atoms. The van der Waals surface area contributed by atoms with E-state index < -0.39 is 23.8 Å². The molecule has 9 heteroatoms. The van der Waals surface area contributed by atoms with Crippen LogP contribution in [0.3, 0.4) is 0 Å². The Hall–Kier alpha value is -2.78. The summed E-state index contributed by atoms with van der Waals surface area (Å²) in [5.41, 5.74) is 1.31. The lowest BCUT2D eigenvalue weighted by Gasteiger charge is -2.26. The molecule has 0 saturated carbocycles. The molecule has 1 fully saturated rings. The maximum Gasteiger partial charge on any atom is 0.335 e. The average Bonchev–Trinajstić information content (AvgIpc) is 2.62. The second kappa shape index (κ2) is 8.30. The van der Waals surface area contributed by atoms with Gasteiger partial charge in [0.25, 0.3) is 11.8 Å². The lowest BCUT2D eigenvalue weighted by Crippen LogP contribution is -2.54. The van der Waals surface area contributed by atoms with Crippen LogP contribution in [-0.2, 0) is 14.4 Å². The van der Waals surface area contributed by atoms with Gasteiger partial charge in [0.15, 0.2) is 5.75 Å². The number of imide groups is 2. The van der Waals surface area contributed by atoms with Gasteiger partial charge in [-0.05, 0) is 53.2 Å². The number of benzene rings is 2. The van der Waals surface area contributed by atoms with Crippen molar-refractivity contribution in [2.24, 2.45) is 0 Å². The normalized spacial score (nSPS) is 15.5. The smallest absolute Gasteiger partial charge is 0.335 e. The van der Waals surface area contributed by atoms with Crippen molar-refractivity contribution >= 4 is 67.4 Å². The van der Waals surface area contributed by atoms with Crippen LogP contribution in [0.15, 0.2) is 50.9 Å². The fraction of sp³-hybridized carbons (Fsp3) is 0.100. The first kappa shape index (κ1) is 20.9. The van der Waals surface area contributed by atoms with E-state index in [1.165, 1.54) is 13.0 Å². The number of urea groups is 1. The highest BCUT2D eigenvalue weighted by Crippen LogP contribution is 2.35. The Morgan fingerprint density at radius 2 is 1.76 bits per heavy atom. The van der Waals surface area contributed by atoms with Crippen LogP contribution >= 0.6 is 31.9 Å². The van der Waals surface area contributed by atoms with Crippen molar-refractivity contribution in [3.63, 3.8) is 0 Å². The van der Waals surface area contributed by atoms with Crippen molar-refractivity contribution in [2.45, 2.75) is 13.8 Å². The summed E-state index contributed by atoms with van der Waals surface area (Å²) in [6, 6.07) is 9.13. The number of nitrogens with zero attached hydrogens (tertiary/aromatic N) is 1. The van der Waals surface area contributed by atoms with E-state index in [9.17, 15) is 19.2 Å². The van der Waals surface area contributed by atoms with E-state index in [0.717, 1.165) is 10.5 Å². The number of carbonyl (C=O) groups excluding carboxylic acids is 4. The first-order chi connectivity index (χ1) is 13.7. The standard InChI is InChI=1S/C20H14Br2N2O5/c1-10-3-5-14(6-4-10)24-19(27)15(18(26)23-20(24)28)8-12-7-13(21)9-16(22)17(12)29-11(2)25/h3-9H,1-2H3,(H,23,26,28)/b15-8-. The molecule has 2 aromatic carbocycles. The van der Waals surface area contributed by atoms with Gasteiger partial charge in [-0.1, -0.05) is 33.6 Å². The zero-order chi connectivity index (χ0) is 21.3. The van der Waals surface area contributed by atoms with Crippen LogP contribution < -0.4 is 15.0 Å². The minimum Gasteiger partial charge on any atom is -0.425 e. The fourth-order valence-corrected chi connectivity index (χ4v) is 4.02. The van der Waals surface area contributed by atoms with Crippen LogP contribution in [0.1, 0.15) is 18.1 Å². The van der Waals surface area contributed by atoms with E-state index in [2.05, 4.69) is 37.2 Å². The van der Waals surface area contributed by atoms with Gasteiger partial charge in [0.05, 0.1) is 10.2 Å². The molecule has 1 heterocycles. The lowest BCUT2D eigenvalue weighted by molar-refractivity contribution is -0.132. The molecule has 29 heavy (non-hydrogen) atoms. The molecule has 4 amide bonds. The number of hydrogen-bond acceptors (Lipinski definition) is 5. The minimum atomic E-state index is -0.840. The van der Waals surface area contributed by atoms with E-state index in [1.807, 2.05) is 6.92 Å². The molecule has 7 nitrogen and oxygen atoms in total. The number of hydrogen-bond donors (Lipinski definition) is 1. The number of aryl methyl sites for hydroxylation is 1. The van der Waals surface area contributed by atoms with Gasteiger partial charge in [-0.3, -0.25) is 19.7 Å². The summed E-state index contributed by atoms with van der Waals surface area (Å²) in [7, 11) is 0. The Bertz CT molecular complexity index is 1080. The average molecular weight is 522 g/mol. The summed E-state index contributed by atoms with van der Waals surface area (Å²) in [6.07, 6.45) is 1.28. The van der Waals surface area contributed by atoms with Gasteiger partial charge in [-0.2, -0.15) is 0 Å². The van der Waals surface area contributed by atoms with Crippen molar-refractivity contribution in [1.82, 2.24) is 5.32 Å². The Labute approximate surface area is 183 Å². The van der Waals surface area contributed by atoms with Crippen molar-refractivity contribution in [3.8, 4) is 5.75 Å². The zero-order valence-electron chi connectivity index (χ0n) is 15.3. The van der Waals surface area contributed by atoms with Gasteiger partial charge in [0.2, 0.25) is 0 Å². The summed E-state index contributed by atoms with van der Waals surface area (Å²) in [6.45, 7) is 3.11. The number of carbonyl (C=O) groups is 4. The van der Waals surface area contributed by atoms with Crippen LogP contribution in [0.2, 0.25) is 0 Å². The molecular weight excluding hydrogens is 508 g/mol. The number of rotatable bonds is 3. The third-order valence-corrected chi connectivity index (χ3v) is 5.02. The molecule has 2 aromatic rings.